The first-order valence-electron chi connectivity index (χ1n) is 8.22. The molecule has 142 valence electrons. The van der Waals surface area contributed by atoms with Crippen molar-refractivity contribution in [3.63, 3.8) is 0 Å². The molecule has 0 amide bonds. The van der Waals surface area contributed by atoms with E-state index in [1.165, 1.54) is 0 Å². The second kappa shape index (κ2) is 9.54. The van der Waals surface area contributed by atoms with E-state index < -0.39 is 0 Å². The van der Waals surface area contributed by atoms with Crippen LogP contribution in [0.4, 0.5) is 0 Å². The topological polar surface area (TPSA) is 77.4 Å². The van der Waals surface area contributed by atoms with Crippen LogP contribution in [0.1, 0.15) is 22.3 Å². The van der Waals surface area contributed by atoms with Gasteiger partial charge in [-0.25, -0.2) is 0 Å². The van der Waals surface area contributed by atoms with Gasteiger partial charge in [-0.05, 0) is 34.4 Å². The summed E-state index contributed by atoms with van der Waals surface area (Å²) in [4.78, 5) is 0. The standard InChI is InChI=1S/C20H26O6/c1-23-9-15-13(5-7-19(21)17(15)11-25-3)14-6-8-20(22)18(12-26-4)16(14)10-24-2/h5-8,21-22H,9-12H2,1-4H3. The maximum Gasteiger partial charge on any atom is 0.121 e. The van der Waals surface area contributed by atoms with Gasteiger partial charge in [0.05, 0.1) is 26.4 Å². The molecule has 0 spiro atoms. The molecule has 0 saturated carbocycles. The average molecular weight is 362 g/mol. The first-order valence-corrected chi connectivity index (χ1v) is 8.22. The molecule has 0 fully saturated rings. The van der Waals surface area contributed by atoms with Crippen molar-refractivity contribution in [2.45, 2.75) is 26.4 Å². The molecule has 26 heavy (non-hydrogen) atoms. The van der Waals surface area contributed by atoms with Crippen LogP contribution in [-0.2, 0) is 45.4 Å². The monoisotopic (exact) mass is 362 g/mol. The van der Waals surface area contributed by atoms with Gasteiger partial charge in [-0.1, -0.05) is 12.1 Å². The number of methoxy groups -OCH3 is 4. The first kappa shape index (κ1) is 20.2. The fourth-order valence-electron chi connectivity index (χ4n) is 3.10. The highest BCUT2D eigenvalue weighted by molar-refractivity contribution is 5.75. The van der Waals surface area contributed by atoms with Gasteiger partial charge in [0.1, 0.15) is 11.5 Å². The molecule has 0 saturated heterocycles. The van der Waals surface area contributed by atoms with Crippen molar-refractivity contribution in [1.82, 2.24) is 0 Å². The van der Waals surface area contributed by atoms with Crippen LogP contribution in [0.25, 0.3) is 11.1 Å². The molecule has 6 nitrogen and oxygen atoms in total. The Morgan fingerprint density at radius 2 is 0.846 bits per heavy atom. The predicted octanol–water partition coefficient (Wildman–Crippen LogP) is 3.35. The molecule has 0 atom stereocenters. The lowest BCUT2D eigenvalue weighted by atomic mass is 9.90. The Morgan fingerprint density at radius 1 is 0.538 bits per heavy atom. The molecule has 0 aliphatic heterocycles. The molecule has 0 radical (unpaired) electrons. The van der Waals surface area contributed by atoms with Gasteiger partial charge in [-0.2, -0.15) is 0 Å². The fourth-order valence-corrected chi connectivity index (χ4v) is 3.10. The SMILES string of the molecule is COCc1c(O)ccc(-c2ccc(O)c(COC)c2COC)c1COC. The minimum Gasteiger partial charge on any atom is -0.508 e. The third kappa shape index (κ3) is 4.16. The highest BCUT2D eigenvalue weighted by Gasteiger charge is 2.20. The van der Waals surface area contributed by atoms with Gasteiger partial charge in [0.2, 0.25) is 0 Å². The van der Waals surface area contributed by atoms with Crippen molar-refractivity contribution in [3.8, 4) is 22.6 Å². The molecule has 0 aliphatic rings. The minimum atomic E-state index is 0.159. The van der Waals surface area contributed by atoms with Crippen LogP contribution in [0.2, 0.25) is 0 Å². The summed E-state index contributed by atoms with van der Waals surface area (Å²) < 4.78 is 21.2. The van der Waals surface area contributed by atoms with Crippen molar-refractivity contribution < 1.29 is 29.2 Å². The predicted molar refractivity (Wildman–Crippen MR) is 98.1 cm³/mol. The van der Waals surface area contributed by atoms with Gasteiger partial charge >= 0.3 is 0 Å². The van der Waals surface area contributed by atoms with Gasteiger partial charge in [-0.3, -0.25) is 0 Å². The van der Waals surface area contributed by atoms with Crippen molar-refractivity contribution in [3.05, 3.63) is 46.5 Å². The second-order valence-corrected chi connectivity index (χ2v) is 5.91. The van der Waals surface area contributed by atoms with Gasteiger partial charge in [0.15, 0.2) is 0 Å². The number of phenols is 2. The summed E-state index contributed by atoms with van der Waals surface area (Å²) in [5.41, 5.74) is 4.80. The van der Waals surface area contributed by atoms with Gasteiger partial charge in [0.25, 0.3) is 0 Å². The highest BCUT2D eigenvalue weighted by Crippen LogP contribution is 2.38. The number of ether oxygens (including phenoxy) is 4. The number of phenolic OH excluding ortho intramolecular Hbond substituents is 2. The van der Waals surface area contributed by atoms with E-state index in [4.69, 9.17) is 18.9 Å². The smallest absolute Gasteiger partial charge is 0.121 e. The summed E-state index contributed by atoms with van der Waals surface area (Å²) in [6, 6.07) is 6.96. The lowest BCUT2D eigenvalue weighted by molar-refractivity contribution is 0.165. The van der Waals surface area contributed by atoms with E-state index in [-0.39, 0.29) is 24.7 Å². The van der Waals surface area contributed by atoms with Crippen LogP contribution < -0.4 is 0 Å². The number of rotatable bonds is 9. The summed E-state index contributed by atoms with van der Waals surface area (Å²) in [5, 5.41) is 20.5. The summed E-state index contributed by atoms with van der Waals surface area (Å²) in [6.07, 6.45) is 0. The van der Waals surface area contributed by atoms with Crippen molar-refractivity contribution in [1.29, 1.82) is 0 Å². The number of benzene rings is 2. The van der Waals surface area contributed by atoms with Crippen molar-refractivity contribution >= 4 is 0 Å². The molecular weight excluding hydrogens is 336 g/mol. The van der Waals surface area contributed by atoms with Crippen LogP contribution >= 0.6 is 0 Å². The zero-order chi connectivity index (χ0) is 19.1. The summed E-state index contributed by atoms with van der Waals surface area (Å²) >= 11 is 0. The van der Waals surface area contributed by atoms with E-state index in [1.54, 1.807) is 40.6 Å². The second-order valence-electron chi connectivity index (χ2n) is 5.91. The summed E-state index contributed by atoms with van der Waals surface area (Å²) in [6.45, 7) is 1.16. The van der Waals surface area contributed by atoms with E-state index in [1.807, 2.05) is 12.1 Å². The van der Waals surface area contributed by atoms with E-state index in [0.29, 0.717) is 24.3 Å². The summed E-state index contributed by atoms with van der Waals surface area (Å²) in [5.74, 6) is 0.318. The average Bonchev–Trinajstić information content (AvgIpc) is 2.62. The third-order valence-corrected chi connectivity index (χ3v) is 4.26. The molecule has 2 rings (SSSR count). The van der Waals surface area contributed by atoms with Crippen LogP contribution in [0.5, 0.6) is 11.5 Å². The molecule has 2 aromatic carbocycles. The van der Waals surface area contributed by atoms with Crippen LogP contribution in [0.3, 0.4) is 0 Å². The Hall–Kier alpha value is -2.12. The van der Waals surface area contributed by atoms with E-state index in [0.717, 1.165) is 22.3 Å². The maximum absolute atomic E-state index is 10.3. The molecule has 0 aliphatic carbocycles. The molecule has 6 heteroatoms. The Kier molecular flexibility index (Phi) is 7.41. The zero-order valence-electron chi connectivity index (χ0n) is 15.7. The van der Waals surface area contributed by atoms with Gasteiger partial charge < -0.3 is 29.2 Å². The van der Waals surface area contributed by atoms with E-state index in [2.05, 4.69) is 0 Å². The normalized spacial score (nSPS) is 11.1. The first-order chi connectivity index (χ1) is 12.6. The molecule has 2 aromatic rings. The maximum atomic E-state index is 10.3. The minimum absolute atomic E-state index is 0.159. The Morgan fingerprint density at radius 3 is 1.15 bits per heavy atom. The van der Waals surface area contributed by atoms with Crippen LogP contribution in [0.15, 0.2) is 24.3 Å². The van der Waals surface area contributed by atoms with Crippen LogP contribution in [0, 0.1) is 0 Å². The van der Waals surface area contributed by atoms with E-state index in [9.17, 15) is 10.2 Å². The molecule has 0 aromatic heterocycles. The van der Waals surface area contributed by atoms with Gasteiger partial charge in [0, 0.05) is 39.6 Å². The largest absolute Gasteiger partial charge is 0.508 e. The van der Waals surface area contributed by atoms with Crippen molar-refractivity contribution in [2.24, 2.45) is 0 Å². The molecule has 0 unspecified atom stereocenters. The fraction of sp³-hybridized carbons (Fsp3) is 0.400. The number of hydrogen-bond donors (Lipinski definition) is 2. The highest BCUT2D eigenvalue weighted by atomic mass is 16.5. The summed E-state index contributed by atoms with van der Waals surface area (Å²) in [7, 11) is 6.37. The number of hydrogen-bond acceptors (Lipinski definition) is 6. The Labute approximate surface area is 153 Å². The Bertz CT molecular complexity index is 678. The lowest BCUT2D eigenvalue weighted by Gasteiger charge is -2.20. The lowest BCUT2D eigenvalue weighted by Crippen LogP contribution is -2.05. The Balaban J connectivity index is 2.74. The van der Waals surface area contributed by atoms with Crippen LogP contribution in [-0.4, -0.2) is 38.7 Å². The molecule has 2 N–H and O–H groups in total. The molecule has 0 heterocycles. The third-order valence-electron chi connectivity index (χ3n) is 4.26. The van der Waals surface area contributed by atoms with Gasteiger partial charge in [-0.15, -0.1) is 0 Å². The quantitative estimate of drug-likeness (QED) is 0.712. The molecular formula is C20H26O6. The zero-order valence-corrected chi connectivity index (χ0v) is 15.7. The molecule has 0 bridgehead atoms. The number of aromatic hydroxyl groups is 2. The van der Waals surface area contributed by atoms with E-state index >= 15 is 0 Å². The van der Waals surface area contributed by atoms with Crippen molar-refractivity contribution in [2.75, 3.05) is 28.4 Å².